The van der Waals surface area contributed by atoms with Crippen molar-refractivity contribution in [2.75, 3.05) is 12.4 Å². The SMILES string of the molecule is O=C(O)COc1cccc2c(CCCSC(c3ccccc3)c3ccccc3)coc12. The standard InChI is InChI=1S/C26H24O4S/c27-24(28)18-29-23-15-7-14-22-21(17-30-25(22)23)13-8-16-31-26(19-9-3-1-4-10-19)20-11-5-2-6-12-20/h1-7,9-12,14-15,17,26H,8,13,16,18H2,(H,27,28). The lowest BCUT2D eigenvalue weighted by Crippen LogP contribution is -2.09. The van der Waals surface area contributed by atoms with Crippen molar-refractivity contribution in [1.29, 1.82) is 0 Å². The van der Waals surface area contributed by atoms with E-state index in [4.69, 9.17) is 14.3 Å². The summed E-state index contributed by atoms with van der Waals surface area (Å²) in [6.07, 6.45) is 3.66. The fourth-order valence-corrected chi connectivity index (χ4v) is 4.88. The van der Waals surface area contributed by atoms with E-state index >= 15 is 0 Å². The van der Waals surface area contributed by atoms with Crippen LogP contribution in [0.1, 0.15) is 28.4 Å². The third-order valence-corrected chi connectivity index (χ3v) is 6.48. The first-order chi connectivity index (χ1) is 15.2. The van der Waals surface area contributed by atoms with Gasteiger partial charge in [-0.2, -0.15) is 0 Å². The highest BCUT2D eigenvalue weighted by Crippen LogP contribution is 2.36. The van der Waals surface area contributed by atoms with Crippen LogP contribution in [0.3, 0.4) is 0 Å². The molecule has 31 heavy (non-hydrogen) atoms. The van der Waals surface area contributed by atoms with Gasteiger partial charge < -0.3 is 14.3 Å². The highest BCUT2D eigenvalue weighted by atomic mass is 32.2. The number of ether oxygens (including phenoxy) is 1. The summed E-state index contributed by atoms with van der Waals surface area (Å²) in [7, 11) is 0. The largest absolute Gasteiger partial charge is 0.479 e. The lowest BCUT2D eigenvalue weighted by Gasteiger charge is -2.17. The first-order valence-corrected chi connectivity index (χ1v) is 11.3. The molecule has 4 rings (SSSR count). The molecule has 0 saturated heterocycles. The number of hydrogen-bond donors (Lipinski definition) is 1. The van der Waals surface area contributed by atoms with Crippen molar-refractivity contribution in [3.05, 3.63) is 102 Å². The van der Waals surface area contributed by atoms with Crippen LogP contribution in [-0.4, -0.2) is 23.4 Å². The molecular weight excluding hydrogens is 408 g/mol. The molecule has 0 aliphatic rings. The van der Waals surface area contributed by atoms with Crippen molar-refractivity contribution in [3.63, 3.8) is 0 Å². The zero-order valence-corrected chi connectivity index (χ0v) is 17.9. The number of aryl methyl sites for hydroxylation is 1. The summed E-state index contributed by atoms with van der Waals surface area (Å²) >= 11 is 1.95. The van der Waals surface area contributed by atoms with Crippen molar-refractivity contribution in [2.45, 2.75) is 18.1 Å². The number of carboxylic acid groups (broad SMARTS) is 1. The minimum absolute atomic E-state index is 0.305. The Morgan fingerprint density at radius 2 is 1.61 bits per heavy atom. The number of carbonyl (C=O) groups is 1. The maximum absolute atomic E-state index is 10.8. The number of hydrogen-bond acceptors (Lipinski definition) is 4. The minimum atomic E-state index is -1.01. The van der Waals surface area contributed by atoms with E-state index in [1.807, 2.05) is 23.9 Å². The number of para-hydroxylation sites is 1. The van der Waals surface area contributed by atoms with E-state index in [0.29, 0.717) is 16.6 Å². The van der Waals surface area contributed by atoms with E-state index in [9.17, 15) is 4.79 Å². The van der Waals surface area contributed by atoms with E-state index in [0.717, 1.165) is 29.5 Å². The Bertz CT molecular complexity index is 1080. The highest BCUT2D eigenvalue weighted by Gasteiger charge is 2.15. The average molecular weight is 433 g/mol. The minimum Gasteiger partial charge on any atom is -0.479 e. The van der Waals surface area contributed by atoms with Gasteiger partial charge in [-0.1, -0.05) is 72.8 Å². The van der Waals surface area contributed by atoms with Crippen LogP contribution >= 0.6 is 11.8 Å². The third kappa shape index (κ3) is 5.30. The smallest absolute Gasteiger partial charge is 0.341 e. The van der Waals surface area contributed by atoms with Crippen molar-refractivity contribution < 1.29 is 19.1 Å². The molecule has 0 fully saturated rings. The second-order valence-electron chi connectivity index (χ2n) is 7.25. The summed E-state index contributed by atoms with van der Waals surface area (Å²) in [5.41, 5.74) is 4.35. The number of rotatable bonds is 10. The first-order valence-electron chi connectivity index (χ1n) is 10.3. The lowest BCUT2D eigenvalue weighted by molar-refractivity contribution is -0.139. The van der Waals surface area contributed by atoms with Crippen molar-refractivity contribution in [1.82, 2.24) is 0 Å². The van der Waals surface area contributed by atoms with E-state index in [1.165, 1.54) is 11.1 Å². The van der Waals surface area contributed by atoms with Crippen LogP contribution in [0.4, 0.5) is 0 Å². The predicted octanol–water partition coefficient (Wildman–Crippen LogP) is 6.35. The second kappa shape index (κ2) is 10.2. The van der Waals surface area contributed by atoms with Gasteiger partial charge in [-0.3, -0.25) is 0 Å². The van der Waals surface area contributed by atoms with Crippen LogP contribution in [0.2, 0.25) is 0 Å². The Morgan fingerprint density at radius 3 is 2.26 bits per heavy atom. The molecule has 0 aliphatic heterocycles. The maximum atomic E-state index is 10.8. The first kappa shape index (κ1) is 21.1. The van der Waals surface area contributed by atoms with Gasteiger partial charge in [-0.15, -0.1) is 11.8 Å². The Labute approximate surface area is 185 Å². The topological polar surface area (TPSA) is 59.7 Å². The summed E-state index contributed by atoms with van der Waals surface area (Å²) in [5, 5.41) is 10.1. The number of benzene rings is 3. The molecular formula is C26H24O4S. The van der Waals surface area contributed by atoms with Crippen LogP contribution in [0.25, 0.3) is 11.0 Å². The van der Waals surface area contributed by atoms with Gasteiger partial charge in [0.05, 0.1) is 11.5 Å². The van der Waals surface area contributed by atoms with E-state index < -0.39 is 5.97 Å². The Kier molecular flexibility index (Phi) is 6.95. The second-order valence-corrected chi connectivity index (χ2v) is 8.46. The van der Waals surface area contributed by atoms with E-state index in [2.05, 4.69) is 60.7 Å². The molecule has 0 radical (unpaired) electrons. The number of fused-ring (bicyclic) bond motifs is 1. The van der Waals surface area contributed by atoms with Gasteiger partial charge in [-0.25, -0.2) is 4.79 Å². The predicted molar refractivity (Wildman–Crippen MR) is 125 cm³/mol. The summed E-state index contributed by atoms with van der Waals surface area (Å²) in [6.45, 7) is -0.383. The quantitative estimate of drug-likeness (QED) is 0.296. The number of thioether (sulfide) groups is 1. The van der Waals surface area contributed by atoms with E-state index in [-0.39, 0.29) is 6.61 Å². The van der Waals surface area contributed by atoms with Gasteiger partial charge in [0.25, 0.3) is 0 Å². The van der Waals surface area contributed by atoms with Crippen LogP contribution < -0.4 is 4.74 Å². The normalized spacial score (nSPS) is 11.1. The van der Waals surface area contributed by atoms with Crippen molar-refractivity contribution in [3.8, 4) is 5.75 Å². The average Bonchev–Trinajstić information content (AvgIpc) is 3.22. The number of aliphatic carboxylic acids is 1. The molecule has 0 bridgehead atoms. The summed E-state index contributed by atoms with van der Waals surface area (Å²) in [5.74, 6) is 0.469. The molecule has 1 N–H and O–H groups in total. The van der Waals surface area contributed by atoms with Gasteiger partial charge in [-0.05, 0) is 41.4 Å². The fraction of sp³-hybridized carbons (Fsp3) is 0.192. The summed E-state index contributed by atoms with van der Waals surface area (Å²) in [6, 6.07) is 26.8. The molecule has 3 aromatic carbocycles. The summed E-state index contributed by atoms with van der Waals surface area (Å²) < 4.78 is 11.1. The van der Waals surface area contributed by atoms with Crippen molar-refractivity contribution in [2.24, 2.45) is 0 Å². The monoisotopic (exact) mass is 432 g/mol. The number of carboxylic acids is 1. The molecule has 0 spiro atoms. The molecule has 1 aromatic heterocycles. The molecule has 4 nitrogen and oxygen atoms in total. The summed E-state index contributed by atoms with van der Waals surface area (Å²) in [4.78, 5) is 10.8. The third-order valence-electron chi connectivity index (χ3n) is 5.07. The van der Waals surface area contributed by atoms with Crippen molar-refractivity contribution >= 4 is 28.7 Å². The number of furan rings is 1. The molecule has 0 atom stereocenters. The Hall–Kier alpha value is -3.18. The van der Waals surface area contributed by atoms with Gasteiger partial charge >= 0.3 is 5.97 Å². The van der Waals surface area contributed by atoms with Crippen LogP contribution in [0.15, 0.2) is 89.5 Å². The Morgan fingerprint density at radius 1 is 0.935 bits per heavy atom. The molecule has 1 heterocycles. The van der Waals surface area contributed by atoms with Crippen LogP contribution in [-0.2, 0) is 11.2 Å². The maximum Gasteiger partial charge on any atom is 0.341 e. The highest BCUT2D eigenvalue weighted by molar-refractivity contribution is 7.99. The van der Waals surface area contributed by atoms with Crippen LogP contribution in [0.5, 0.6) is 5.75 Å². The Balaban J connectivity index is 1.41. The van der Waals surface area contributed by atoms with E-state index in [1.54, 1.807) is 12.3 Å². The molecule has 0 saturated carbocycles. The zero-order chi connectivity index (χ0) is 21.5. The molecule has 158 valence electrons. The molecule has 5 heteroatoms. The molecule has 4 aromatic rings. The zero-order valence-electron chi connectivity index (χ0n) is 17.1. The molecule has 0 amide bonds. The molecule has 0 unspecified atom stereocenters. The van der Waals surface area contributed by atoms with Gasteiger partial charge in [0.15, 0.2) is 17.9 Å². The van der Waals surface area contributed by atoms with Gasteiger partial charge in [0.1, 0.15) is 0 Å². The van der Waals surface area contributed by atoms with Gasteiger partial charge in [0.2, 0.25) is 0 Å². The fourth-order valence-electron chi connectivity index (χ4n) is 3.63. The molecule has 0 aliphatic carbocycles. The van der Waals surface area contributed by atoms with Crippen LogP contribution in [0, 0.1) is 0 Å². The lowest BCUT2D eigenvalue weighted by atomic mass is 10.0. The van der Waals surface area contributed by atoms with Gasteiger partial charge in [0, 0.05) is 5.39 Å².